The third kappa shape index (κ3) is 3.93. The highest BCUT2D eigenvalue weighted by Gasteiger charge is 2.23. The van der Waals surface area contributed by atoms with Crippen LogP contribution in [0.1, 0.15) is 36.9 Å². The standard InChI is InChI=1S/C15H21FN2O2/c1-2-20-9-3-8-17-15(19)18-14-7-4-11-10-12(16)5-6-13(11)14/h5-6,10,14H,2-4,7-9H2,1H3,(H2,17,18,19). The molecule has 0 aromatic heterocycles. The molecular weight excluding hydrogens is 259 g/mol. The molecule has 5 heteroatoms. The summed E-state index contributed by atoms with van der Waals surface area (Å²) in [6.45, 7) is 3.89. The maximum absolute atomic E-state index is 13.1. The molecule has 0 fully saturated rings. The van der Waals surface area contributed by atoms with E-state index in [-0.39, 0.29) is 17.9 Å². The summed E-state index contributed by atoms with van der Waals surface area (Å²) in [5.41, 5.74) is 2.02. The molecule has 110 valence electrons. The number of benzene rings is 1. The van der Waals surface area contributed by atoms with Gasteiger partial charge in [0, 0.05) is 19.8 Å². The molecule has 0 bridgehead atoms. The van der Waals surface area contributed by atoms with Crippen molar-refractivity contribution in [1.29, 1.82) is 0 Å². The van der Waals surface area contributed by atoms with Gasteiger partial charge in [0.1, 0.15) is 5.82 Å². The molecule has 1 atom stereocenters. The van der Waals surface area contributed by atoms with Gasteiger partial charge in [-0.15, -0.1) is 0 Å². The molecule has 2 amide bonds. The zero-order valence-corrected chi connectivity index (χ0v) is 11.7. The topological polar surface area (TPSA) is 50.4 Å². The molecule has 1 unspecified atom stereocenters. The van der Waals surface area contributed by atoms with Gasteiger partial charge in [-0.2, -0.15) is 0 Å². The monoisotopic (exact) mass is 280 g/mol. The minimum Gasteiger partial charge on any atom is -0.382 e. The van der Waals surface area contributed by atoms with Crippen molar-refractivity contribution in [1.82, 2.24) is 10.6 Å². The quantitative estimate of drug-likeness (QED) is 0.787. The fourth-order valence-electron chi connectivity index (χ4n) is 2.47. The summed E-state index contributed by atoms with van der Waals surface area (Å²) in [4.78, 5) is 11.8. The number of aryl methyl sites for hydroxylation is 1. The SMILES string of the molecule is CCOCCCNC(=O)NC1CCc2cc(F)ccc21. The van der Waals surface area contributed by atoms with Crippen molar-refractivity contribution in [3.05, 3.63) is 35.1 Å². The van der Waals surface area contributed by atoms with Crippen LogP contribution >= 0.6 is 0 Å². The number of carbonyl (C=O) groups is 1. The van der Waals surface area contributed by atoms with E-state index in [1.807, 2.05) is 6.92 Å². The predicted octanol–water partition coefficient (Wildman–Crippen LogP) is 2.54. The molecule has 2 N–H and O–H groups in total. The summed E-state index contributed by atoms with van der Waals surface area (Å²) in [6.07, 6.45) is 2.43. The third-order valence-corrected chi connectivity index (χ3v) is 3.44. The van der Waals surface area contributed by atoms with Gasteiger partial charge in [-0.05, 0) is 49.4 Å². The van der Waals surface area contributed by atoms with Crippen LogP contribution in [0.3, 0.4) is 0 Å². The van der Waals surface area contributed by atoms with Crippen LogP contribution in [0, 0.1) is 5.82 Å². The Bertz CT molecular complexity index is 465. The number of halogens is 1. The second kappa shape index (κ2) is 7.24. The normalized spacial score (nSPS) is 16.8. The molecule has 1 aliphatic carbocycles. The minimum absolute atomic E-state index is 0.0162. The summed E-state index contributed by atoms with van der Waals surface area (Å²) in [5, 5.41) is 5.74. The molecule has 2 rings (SSSR count). The predicted molar refractivity (Wildman–Crippen MR) is 75.1 cm³/mol. The first-order valence-corrected chi connectivity index (χ1v) is 7.11. The van der Waals surface area contributed by atoms with Gasteiger partial charge in [0.25, 0.3) is 0 Å². The minimum atomic E-state index is -0.218. The van der Waals surface area contributed by atoms with Crippen LogP contribution in [-0.4, -0.2) is 25.8 Å². The first kappa shape index (κ1) is 14.8. The van der Waals surface area contributed by atoms with Crippen molar-refractivity contribution in [2.45, 2.75) is 32.2 Å². The van der Waals surface area contributed by atoms with Gasteiger partial charge in [-0.25, -0.2) is 9.18 Å². The third-order valence-electron chi connectivity index (χ3n) is 3.44. The lowest BCUT2D eigenvalue weighted by molar-refractivity contribution is 0.145. The first-order valence-electron chi connectivity index (χ1n) is 7.11. The Kier molecular flexibility index (Phi) is 5.35. The van der Waals surface area contributed by atoms with Crippen LogP contribution in [0.15, 0.2) is 18.2 Å². The van der Waals surface area contributed by atoms with Gasteiger partial charge in [-0.1, -0.05) is 6.07 Å². The molecule has 0 saturated carbocycles. The van der Waals surface area contributed by atoms with E-state index in [1.54, 1.807) is 12.1 Å². The zero-order chi connectivity index (χ0) is 14.4. The summed E-state index contributed by atoms with van der Waals surface area (Å²) < 4.78 is 18.3. The van der Waals surface area contributed by atoms with Gasteiger partial charge in [0.15, 0.2) is 0 Å². The fraction of sp³-hybridized carbons (Fsp3) is 0.533. The number of hydrogen-bond donors (Lipinski definition) is 2. The highest BCUT2D eigenvalue weighted by molar-refractivity contribution is 5.74. The summed E-state index contributed by atoms with van der Waals surface area (Å²) in [7, 11) is 0. The maximum Gasteiger partial charge on any atom is 0.315 e. The number of fused-ring (bicyclic) bond motifs is 1. The van der Waals surface area contributed by atoms with Crippen LogP contribution in [-0.2, 0) is 11.2 Å². The Morgan fingerprint density at radius 1 is 1.50 bits per heavy atom. The van der Waals surface area contributed by atoms with Crippen molar-refractivity contribution < 1.29 is 13.9 Å². The van der Waals surface area contributed by atoms with Crippen molar-refractivity contribution in [2.24, 2.45) is 0 Å². The van der Waals surface area contributed by atoms with E-state index in [4.69, 9.17) is 4.74 Å². The average Bonchev–Trinajstić information content (AvgIpc) is 2.81. The highest BCUT2D eigenvalue weighted by Crippen LogP contribution is 2.31. The number of ether oxygens (including phenoxy) is 1. The maximum atomic E-state index is 13.1. The van der Waals surface area contributed by atoms with Crippen LogP contribution < -0.4 is 10.6 Å². The molecule has 1 aromatic carbocycles. The van der Waals surface area contributed by atoms with Gasteiger partial charge < -0.3 is 15.4 Å². The van der Waals surface area contributed by atoms with E-state index in [2.05, 4.69) is 10.6 Å². The van der Waals surface area contributed by atoms with Crippen LogP contribution in [0.25, 0.3) is 0 Å². The number of urea groups is 1. The fourth-order valence-corrected chi connectivity index (χ4v) is 2.47. The summed E-state index contributed by atoms with van der Waals surface area (Å²) in [5.74, 6) is -0.218. The Morgan fingerprint density at radius 3 is 3.15 bits per heavy atom. The Balaban J connectivity index is 1.76. The number of amides is 2. The van der Waals surface area contributed by atoms with Gasteiger partial charge in [0.2, 0.25) is 0 Å². The van der Waals surface area contributed by atoms with Gasteiger partial charge in [0.05, 0.1) is 6.04 Å². The summed E-state index contributed by atoms with van der Waals surface area (Å²) >= 11 is 0. The Hall–Kier alpha value is -1.62. The molecule has 0 heterocycles. The molecule has 0 spiro atoms. The molecule has 0 saturated heterocycles. The lowest BCUT2D eigenvalue weighted by atomic mass is 10.1. The molecule has 0 radical (unpaired) electrons. The molecule has 0 aliphatic heterocycles. The smallest absolute Gasteiger partial charge is 0.315 e. The van der Waals surface area contributed by atoms with E-state index in [0.29, 0.717) is 19.8 Å². The van der Waals surface area contributed by atoms with Crippen LogP contribution in [0.4, 0.5) is 9.18 Å². The Labute approximate surface area is 118 Å². The van der Waals surface area contributed by atoms with E-state index in [9.17, 15) is 9.18 Å². The van der Waals surface area contributed by atoms with E-state index >= 15 is 0 Å². The molecule has 1 aromatic rings. The average molecular weight is 280 g/mol. The van der Waals surface area contributed by atoms with E-state index in [1.165, 1.54) is 6.07 Å². The van der Waals surface area contributed by atoms with Crippen molar-refractivity contribution >= 4 is 6.03 Å². The second-order valence-electron chi connectivity index (χ2n) is 4.89. The van der Waals surface area contributed by atoms with Crippen molar-refractivity contribution in [3.63, 3.8) is 0 Å². The largest absolute Gasteiger partial charge is 0.382 e. The number of hydrogen-bond acceptors (Lipinski definition) is 2. The zero-order valence-electron chi connectivity index (χ0n) is 11.7. The molecule has 4 nitrogen and oxygen atoms in total. The van der Waals surface area contributed by atoms with E-state index < -0.39 is 0 Å². The molecule has 20 heavy (non-hydrogen) atoms. The van der Waals surface area contributed by atoms with Crippen molar-refractivity contribution in [3.8, 4) is 0 Å². The summed E-state index contributed by atoms with van der Waals surface area (Å²) in [6, 6.07) is 4.56. The first-order chi connectivity index (χ1) is 9.70. The Morgan fingerprint density at radius 2 is 2.35 bits per heavy atom. The molecular formula is C15H21FN2O2. The lowest BCUT2D eigenvalue weighted by Gasteiger charge is -2.15. The molecule has 1 aliphatic rings. The van der Waals surface area contributed by atoms with Gasteiger partial charge in [-0.3, -0.25) is 0 Å². The number of carbonyl (C=O) groups excluding carboxylic acids is 1. The van der Waals surface area contributed by atoms with Gasteiger partial charge >= 0.3 is 6.03 Å². The second-order valence-corrected chi connectivity index (χ2v) is 4.89. The number of rotatable bonds is 6. The van der Waals surface area contributed by atoms with E-state index in [0.717, 1.165) is 30.4 Å². The van der Waals surface area contributed by atoms with Crippen LogP contribution in [0.2, 0.25) is 0 Å². The van der Waals surface area contributed by atoms with Crippen LogP contribution in [0.5, 0.6) is 0 Å². The lowest BCUT2D eigenvalue weighted by Crippen LogP contribution is -2.38. The number of nitrogens with one attached hydrogen (secondary N) is 2. The highest BCUT2D eigenvalue weighted by atomic mass is 19.1. The van der Waals surface area contributed by atoms with Crippen molar-refractivity contribution in [2.75, 3.05) is 19.8 Å².